The number of aliphatic hydroxyl groups excluding tert-OH is 1. The maximum absolute atomic E-state index is 10.8. The van der Waals surface area contributed by atoms with E-state index in [1.165, 1.54) is 5.75 Å². The smallest absolute Gasteiger partial charge is 0.0855 e. The summed E-state index contributed by atoms with van der Waals surface area (Å²) in [7, 11) is 1.94. The maximum atomic E-state index is 10.8. The largest absolute Gasteiger partial charge is 0.388 e. The van der Waals surface area contributed by atoms with E-state index in [-0.39, 0.29) is 5.60 Å². The van der Waals surface area contributed by atoms with Crippen molar-refractivity contribution in [1.82, 2.24) is 9.78 Å². The van der Waals surface area contributed by atoms with E-state index >= 15 is 0 Å². The molecule has 3 rings (SSSR count). The average Bonchev–Trinajstić information content (AvgIpc) is 2.95. The quantitative estimate of drug-likeness (QED) is 0.910. The Morgan fingerprint density at radius 3 is 2.90 bits per heavy atom. The lowest BCUT2D eigenvalue weighted by Gasteiger charge is -2.39. The number of aromatic nitrogens is 2. The van der Waals surface area contributed by atoms with Crippen molar-refractivity contribution in [1.29, 1.82) is 0 Å². The Morgan fingerprint density at radius 2 is 2.30 bits per heavy atom. The van der Waals surface area contributed by atoms with Crippen LogP contribution in [0.4, 0.5) is 0 Å². The topological polar surface area (TPSA) is 47.3 Å². The van der Waals surface area contributed by atoms with Crippen molar-refractivity contribution in [2.75, 3.05) is 18.1 Å². The molecular weight excluding hydrogens is 272 g/mol. The summed E-state index contributed by atoms with van der Waals surface area (Å²) >= 11 is 1.98. The van der Waals surface area contributed by atoms with Crippen molar-refractivity contribution in [3.63, 3.8) is 0 Å². The van der Waals surface area contributed by atoms with Crippen LogP contribution in [0.25, 0.3) is 0 Å². The summed E-state index contributed by atoms with van der Waals surface area (Å²) in [6, 6.07) is 0. The predicted molar refractivity (Wildman–Crippen MR) is 81.0 cm³/mol. The number of aryl methyl sites for hydroxylation is 2. The highest BCUT2D eigenvalue weighted by Crippen LogP contribution is 2.44. The molecule has 3 unspecified atom stereocenters. The van der Waals surface area contributed by atoms with Crippen molar-refractivity contribution in [3.8, 4) is 0 Å². The number of hydrogen-bond acceptors (Lipinski definition) is 4. The second-order valence-corrected chi connectivity index (χ2v) is 7.35. The fraction of sp³-hybridized carbons (Fsp3) is 0.800. The van der Waals surface area contributed by atoms with Crippen LogP contribution in [-0.4, -0.2) is 38.6 Å². The van der Waals surface area contributed by atoms with Crippen LogP contribution in [0.1, 0.15) is 42.3 Å². The lowest BCUT2D eigenvalue weighted by Crippen LogP contribution is -2.41. The van der Waals surface area contributed by atoms with Gasteiger partial charge in [0.15, 0.2) is 0 Å². The van der Waals surface area contributed by atoms with E-state index in [4.69, 9.17) is 4.74 Å². The molecule has 0 aromatic carbocycles. The first kappa shape index (κ1) is 14.4. The molecule has 0 bridgehead atoms. The molecule has 3 heterocycles. The molecule has 0 saturated carbocycles. The minimum Gasteiger partial charge on any atom is -0.388 e. The van der Waals surface area contributed by atoms with Gasteiger partial charge in [-0.1, -0.05) is 0 Å². The zero-order chi connectivity index (χ0) is 14.3. The highest BCUT2D eigenvalue weighted by Gasteiger charge is 2.43. The van der Waals surface area contributed by atoms with E-state index in [0.717, 1.165) is 48.6 Å². The number of ether oxygens (including phenoxy) is 1. The Morgan fingerprint density at radius 1 is 1.50 bits per heavy atom. The standard InChI is InChI=1S/C15H24N2O2S/c1-10-13(11(2)17(3)16-10)14(18)12-4-6-19-15(8-12)5-7-20-9-15/h12,14,18H,4-9H2,1-3H3. The van der Waals surface area contributed by atoms with Gasteiger partial charge in [0.05, 0.1) is 17.4 Å². The van der Waals surface area contributed by atoms with Crippen LogP contribution in [-0.2, 0) is 11.8 Å². The summed E-state index contributed by atoms with van der Waals surface area (Å²) in [5.74, 6) is 2.57. The van der Waals surface area contributed by atoms with Crippen molar-refractivity contribution in [2.45, 2.75) is 44.8 Å². The maximum Gasteiger partial charge on any atom is 0.0855 e. The van der Waals surface area contributed by atoms with E-state index in [9.17, 15) is 5.11 Å². The van der Waals surface area contributed by atoms with Crippen LogP contribution in [0.2, 0.25) is 0 Å². The van der Waals surface area contributed by atoms with Crippen molar-refractivity contribution >= 4 is 11.8 Å². The molecule has 1 aromatic heterocycles. The van der Waals surface area contributed by atoms with Crippen molar-refractivity contribution in [3.05, 3.63) is 17.0 Å². The number of aliphatic hydroxyl groups is 1. The van der Waals surface area contributed by atoms with Crippen molar-refractivity contribution < 1.29 is 9.84 Å². The fourth-order valence-corrected chi connectivity index (χ4v) is 5.03. The Balaban J connectivity index is 1.81. The third kappa shape index (κ3) is 2.40. The summed E-state index contributed by atoms with van der Waals surface area (Å²) in [5.41, 5.74) is 3.09. The number of nitrogens with zero attached hydrogens (tertiary/aromatic N) is 2. The van der Waals surface area contributed by atoms with Crippen molar-refractivity contribution in [2.24, 2.45) is 13.0 Å². The van der Waals surface area contributed by atoms with E-state index in [1.54, 1.807) is 0 Å². The van der Waals surface area contributed by atoms with Crippen LogP contribution < -0.4 is 0 Å². The molecule has 20 heavy (non-hydrogen) atoms. The minimum absolute atomic E-state index is 0.0264. The van der Waals surface area contributed by atoms with E-state index in [1.807, 2.05) is 37.3 Å². The van der Waals surface area contributed by atoms with Crippen LogP contribution in [0.5, 0.6) is 0 Å². The van der Waals surface area contributed by atoms with Gasteiger partial charge in [0.2, 0.25) is 0 Å². The second-order valence-electron chi connectivity index (χ2n) is 6.24. The van der Waals surface area contributed by atoms with Gasteiger partial charge in [0.25, 0.3) is 0 Å². The van der Waals surface area contributed by atoms with Gasteiger partial charge in [0, 0.05) is 30.7 Å². The van der Waals surface area contributed by atoms with Crippen LogP contribution in [0.15, 0.2) is 0 Å². The third-order valence-corrected chi connectivity index (χ3v) is 6.13. The highest BCUT2D eigenvalue weighted by atomic mass is 32.2. The fourth-order valence-electron chi connectivity index (χ4n) is 3.65. The molecule has 3 atom stereocenters. The molecule has 2 fully saturated rings. The first-order valence-corrected chi connectivity index (χ1v) is 8.58. The molecule has 112 valence electrons. The van der Waals surface area contributed by atoms with Crippen LogP contribution in [0.3, 0.4) is 0 Å². The predicted octanol–water partition coefficient (Wildman–Crippen LogP) is 2.37. The summed E-state index contributed by atoms with van der Waals surface area (Å²) in [5, 5.41) is 15.3. The second kappa shape index (κ2) is 5.35. The zero-order valence-electron chi connectivity index (χ0n) is 12.6. The lowest BCUT2D eigenvalue weighted by atomic mass is 9.80. The van der Waals surface area contributed by atoms with Gasteiger partial charge in [-0.25, -0.2) is 0 Å². The molecule has 1 spiro atoms. The highest BCUT2D eigenvalue weighted by molar-refractivity contribution is 7.99. The number of hydrogen-bond donors (Lipinski definition) is 1. The normalized spacial score (nSPS) is 31.9. The Labute approximate surface area is 124 Å². The summed E-state index contributed by atoms with van der Waals surface area (Å²) in [6.45, 7) is 4.81. The van der Waals surface area contributed by atoms with E-state index < -0.39 is 6.10 Å². The molecule has 1 N–H and O–H groups in total. The molecule has 2 saturated heterocycles. The van der Waals surface area contributed by atoms with Gasteiger partial charge in [-0.15, -0.1) is 0 Å². The number of rotatable bonds is 2. The van der Waals surface area contributed by atoms with Crippen LogP contribution in [0, 0.1) is 19.8 Å². The molecule has 0 aliphatic carbocycles. The lowest BCUT2D eigenvalue weighted by molar-refractivity contribution is -0.102. The zero-order valence-corrected chi connectivity index (χ0v) is 13.4. The first-order valence-electron chi connectivity index (χ1n) is 7.42. The van der Waals surface area contributed by atoms with Gasteiger partial charge in [-0.3, -0.25) is 4.68 Å². The Hall–Kier alpha value is -0.520. The van der Waals surface area contributed by atoms with E-state index in [0.29, 0.717) is 5.92 Å². The molecule has 1 aromatic rings. The summed E-state index contributed by atoms with van der Waals surface area (Å²) < 4.78 is 7.93. The summed E-state index contributed by atoms with van der Waals surface area (Å²) in [6.07, 6.45) is 2.65. The third-order valence-electron chi connectivity index (χ3n) is 4.91. The van der Waals surface area contributed by atoms with Gasteiger partial charge >= 0.3 is 0 Å². The molecule has 4 nitrogen and oxygen atoms in total. The average molecular weight is 296 g/mol. The van der Waals surface area contributed by atoms with Gasteiger partial charge in [0.1, 0.15) is 0 Å². The first-order chi connectivity index (χ1) is 9.52. The number of thioether (sulfide) groups is 1. The summed E-state index contributed by atoms with van der Waals surface area (Å²) in [4.78, 5) is 0. The monoisotopic (exact) mass is 296 g/mol. The molecule has 0 radical (unpaired) electrons. The SMILES string of the molecule is Cc1nn(C)c(C)c1C(O)C1CCOC2(CCSC2)C1. The Bertz CT molecular complexity index is 494. The minimum atomic E-state index is -0.407. The molecule has 5 heteroatoms. The Kier molecular flexibility index (Phi) is 3.86. The van der Waals surface area contributed by atoms with Gasteiger partial charge < -0.3 is 9.84 Å². The van der Waals surface area contributed by atoms with Gasteiger partial charge in [-0.05, 0) is 44.8 Å². The van der Waals surface area contributed by atoms with Gasteiger partial charge in [-0.2, -0.15) is 16.9 Å². The molecule has 2 aliphatic rings. The van der Waals surface area contributed by atoms with Crippen LogP contribution >= 0.6 is 11.8 Å². The molecule has 2 aliphatic heterocycles. The van der Waals surface area contributed by atoms with E-state index in [2.05, 4.69) is 5.10 Å². The molecule has 0 amide bonds. The molecular formula is C15H24N2O2S.